The number of esters is 1. The van der Waals surface area contributed by atoms with Gasteiger partial charge in [0.2, 0.25) is 0 Å². The second-order valence-corrected chi connectivity index (χ2v) is 4.78. The molecule has 22 heavy (non-hydrogen) atoms. The molecule has 0 bridgehead atoms. The van der Waals surface area contributed by atoms with Gasteiger partial charge in [-0.25, -0.2) is 4.79 Å². The van der Waals surface area contributed by atoms with Gasteiger partial charge < -0.3 is 14.8 Å². The summed E-state index contributed by atoms with van der Waals surface area (Å²) in [5, 5.41) is 20.1. The first kappa shape index (κ1) is 17.1. The van der Waals surface area contributed by atoms with Crippen LogP contribution in [-0.2, 0) is 9.53 Å². The van der Waals surface area contributed by atoms with Crippen LogP contribution >= 0.6 is 0 Å². The lowest BCUT2D eigenvalue weighted by molar-refractivity contribution is -0.158. The first-order chi connectivity index (χ1) is 10.4. The molecule has 0 aliphatic rings. The molecular weight excluding hydrogens is 282 g/mol. The number of nitrogens with one attached hydrogen (secondary N) is 1. The largest absolute Gasteiger partial charge is 0.476 e. The maximum atomic E-state index is 11.8. The highest BCUT2D eigenvalue weighted by Crippen LogP contribution is 2.22. The molecule has 0 amide bonds. The van der Waals surface area contributed by atoms with Crippen molar-refractivity contribution in [3.63, 3.8) is 0 Å². The maximum absolute atomic E-state index is 11.8. The number of nitrogens with zero attached hydrogens (tertiary/aromatic N) is 2. The molecule has 0 unspecified atom stereocenters. The van der Waals surface area contributed by atoms with Gasteiger partial charge in [0, 0.05) is 11.9 Å². The van der Waals surface area contributed by atoms with Crippen LogP contribution in [0.2, 0.25) is 0 Å². The maximum Gasteiger partial charge on any atom is 0.349 e. The number of rotatable bonds is 6. The SMILES string of the molecule is CCOC(=O)C(C)(C)Oc1ccc(NC=C(C#N)C#N)cc1. The highest BCUT2D eigenvalue weighted by Gasteiger charge is 2.31. The molecule has 0 radical (unpaired) electrons. The van der Waals surface area contributed by atoms with Gasteiger partial charge in [-0.05, 0) is 45.0 Å². The average Bonchev–Trinajstić information content (AvgIpc) is 2.50. The van der Waals surface area contributed by atoms with E-state index >= 15 is 0 Å². The first-order valence-corrected chi connectivity index (χ1v) is 6.66. The molecule has 0 fully saturated rings. The van der Waals surface area contributed by atoms with Crippen molar-refractivity contribution < 1.29 is 14.3 Å². The fourth-order valence-electron chi connectivity index (χ4n) is 1.51. The summed E-state index contributed by atoms with van der Waals surface area (Å²) in [6.45, 7) is 5.29. The Morgan fingerprint density at radius 2 is 1.86 bits per heavy atom. The van der Waals surface area contributed by atoms with Crippen LogP contribution in [0.15, 0.2) is 36.0 Å². The molecule has 1 aromatic carbocycles. The molecule has 0 aliphatic carbocycles. The molecule has 0 atom stereocenters. The Kier molecular flexibility index (Phi) is 5.97. The van der Waals surface area contributed by atoms with E-state index in [1.165, 1.54) is 6.20 Å². The van der Waals surface area contributed by atoms with Crippen LogP contribution in [0.4, 0.5) is 5.69 Å². The molecular formula is C16H17N3O3. The minimum Gasteiger partial charge on any atom is -0.476 e. The smallest absolute Gasteiger partial charge is 0.349 e. The van der Waals surface area contributed by atoms with E-state index in [-0.39, 0.29) is 5.57 Å². The third-order valence-electron chi connectivity index (χ3n) is 2.62. The van der Waals surface area contributed by atoms with Gasteiger partial charge in [0.15, 0.2) is 5.60 Å². The zero-order valence-corrected chi connectivity index (χ0v) is 12.7. The number of hydrogen-bond donors (Lipinski definition) is 1. The van der Waals surface area contributed by atoms with Crippen LogP contribution in [0.5, 0.6) is 5.75 Å². The molecule has 0 heterocycles. The summed E-state index contributed by atoms with van der Waals surface area (Å²) in [5.41, 5.74) is -0.423. The lowest BCUT2D eigenvalue weighted by Crippen LogP contribution is -2.39. The van der Waals surface area contributed by atoms with Crippen molar-refractivity contribution in [1.29, 1.82) is 10.5 Å². The summed E-state index contributed by atoms with van der Waals surface area (Å²) in [7, 11) is 0. The third kappa shape index (κ3) is 4.84. The number of nitriles is 2. The summed E-state index contributed by atoms with van der Waals surface area (Å²) in [4.78, 5) is 11.8. The lowest BCUT2D eigenvalue weighted by Gasteiger charge is -2.24. The first-order valence-electron chi connectivity index (χ1n) is 6.66. The molecule has 1 rings (SSSR count). The van der Waals surface area contributed by atoms with Gasteiger partial charge in [0.25, 0.3) is 0 Å². The van der Waals surface area contributed by atoms with Gasteiger partial charge in [-0.15, -0.1) is 0 Å². The van der Waals surface area contributed by atoms with Crippen molar-refractivity contribution in [3.05, 3.63) is 36.0 Å². The Balaban J connectivity index is 2.74. The molecule has 0 spiro atoms. The van der Waals surface area contributed by atoms with E-state index in [4.69, 9.17) is 20.0 Å². The van der Waals surface area contributed by atoms with E-state index in [2.05, 4.69) is 5.32 Å². The minimum atomic E-state index is -1.08. The van der Waals surface area contributed by atoms with Crippen LogP contribution in [0.25, 0.3) is 0 Å². The molecule has 6 heteroatoms. The van der Waals surface area contributed by atoms with Gasteiger partial charge in [-0.2, -0.15) is 10.5 Å². The quantitative estimate of drug-likeness (QED) is 0.641. The third-order valence-corrected chi connectivity index (χ3v) is 2.62. The van der Waals surface area contributed by atoms with Crippen molar-refractivity contribution in [2.24, 2.45) is 0 Å². The molecule has 0 saturated carbocycles. The zero-order chi connectivity index (χ0) is 16.6. The van der Waals surface area contributed by atoms with Crippen LogP contribution in [-0.4, -0.2) is 18.2 Å². The van der Waals surface area contributed by atoms with Crippen molar-refractivity contribution in [2.75, 3.05) is 11.9 Å². The van der Waals surface area contributed by atoms with Crippen molar-refractivity contribution >= 4 is 11.7 Å². The molecule has 114 valence electrons. The normalized spacial score (nSPS) is 9.86. The highest BCUT2D eigenvalue weighted by molar-refractivity contribution is 5.79. The van der Waals surface area contributed by atoms with Crippen LogP contribution < -0.4 is 10.1 Å². The second-order valence-electron chi connectivity index (χ2n) is 4.78. The number of allylic oxidation sites excluding steroid dienone is 1. The fraction of sp³-hybridized carbons (Fsp3) is 0.312. The van der Waals surface area contributed by atoms with Crippen molar-refractivity contribution in [1.82, 2.24) is 0 Å². The fourth-order valence-corrected chi connectivity index (χ4v) is 1.51. The molecule has 1 aromatic rings. The molecule has 0 saturated heterocycles. The van der Waals surface area contributed by atoms with E-state index in [9.17, 15) is 4.79 Å². The standard InChI is InChI=1S/C16H17N3O3/c1-4-21-15(20)16(2,3)22-14-7-5-13(6-8-14)19-11-12(9-17)10-18/h5-8,11,19H,4H2,1-3H3. The number of ether oxygens (including phenoxy) is 2. The highest BCUT2D eigenvalue weighted by atomic mass is 16.6. The summed E-state index contributed by atoms with van der Waals surface area (Å²) in [6, 6.07) is 10.3. The van der Waals surface area contributed by atoms with E-state index in [1.54, 1.807) is 57.2 Å². The minimum absolute atomic E-state index is 0.0243. The summed E-state index contributed by atoms with van der Waals surface area (Å²) in [6.07, 6.45) is 1.32. The Morgan fingerprint density at radius 3 is 2.36 bits per heavy atom. The van der Waals surface area contributed by atoms with Gasteiger partial charge in [-0.1, -0.05) is 0 Å². The van der Waals surface area contributed by atoms with Crippen LogP contribution in [0.3, 0.4) is 0 Å². The summed E-state index contributed by atoms with van der Waals surface area (Å²) < 4.78 is 10.6. The zero-order valence-electron chi connectivity index (χ0n) is 12.7. The molecule has 1 N–H and O–H groups in total. The number of benzene rings is 1. The van der Waals surface area contributed by atoms with Gasteiger partial charge in [-0.3, -0.25) is 0 Å². The monoisotopic (exact) mass is 299 g/mol. The Morgan fingerprint density at radius 1 is 1.27 bits per heavy atom. The Hall–Kier alpha value is -2.99. The second kappa shape index (κ2) is 7.70. The van der Waals surface area contributed by atoms with Crippen LogP contribution in [0.1, 0.15) is 20.8 Å². The molecule has 0 aliphatic heterocycles. The predicted octanol–water partition coefficient (Wildman–Crippen LogP) is 2.75. The summed E-state index contributed by atoms with van der Waals surface area (Å²) in [5.74, 6) is 0.0705. The van der Waals surface area contributed by atoms with Crippen molar-refractivity contribution in [3.8, 4) is 17.9 Å². The Bertz CT molecular complexity index is 618. The van der Waals surface area contributed by atoms with E-state index < -0.39 is 11.6 Å². The number of hydrogen-bond acceptors (Lipinski definition) is 6. The van der Waals surface area contributed by atoms with Gasteiger partial charge >= 0.3 is 5.97 Å². The predicted molar refractivity (Wildman–Crippen MR) is 80.7 cm³/mol. The van der Waals surface area contributed by atoms with E-state index in [1.807, 2.05) is 0 Å². The van der Waals surface area contributed by atoms with Gasteiger partial charge in [0.1, 0.15) is 23.5 Å². The van der Waals surface area contributed by atoms with Gasteiger partial charge in [0.05, 0.1) is 6.61 Å². The van der Waals surface area contributed by atoms with Crippen LogP contribution in [0, 0.1) is 22.7 Å². The molecule has 0 aromatic heterocycles. The lowest BCUT2D eigenvalue weighted by atomic mass is 10.1. The topological polar surface area (TPSA) is 95.1 Å². The number of anilines is 1. The van der Waals surface area contributed by atoms with E-state index in [0.717, 1.165) is 0 Å². The average molecular weight is 299 g/mol. The number of carbonyl (C=O) groups is 1. The molecule has 6 nitrogen and oxygen atoms in total. The van der Waals surface area contributed by atoms with Crippen molar-refractivity contribution in [2.45, 2.75) is 26.4 Å². The summed E-state index contributed by atoms with van der Waals surface area (Å²) >= 11 is 0. The number of carbonyl (C=O) groups excluding carboxylic acids is 1. The van der Waals surface area contributed by atoms with E-state index in [0.29, 0.717) is 18.0 Å². The Labute approximate surface area is 129 Å².